The first-order valence-corrected chi connectivity index (χ1v) is 13.1. The molecule has 2 aromatic heterocycles. The van der Waals surface area contributed by atoms with Gasteiger partial charge in [-0.05, 0) is 57.2 Å². The lowest BCUT2D eigenvalue weighted by Gasteiger charge is -2.55. The molecular formula is C26H35F3N6O. The first-order valence-electron chi connectivity index (χ1n) is 13.1. The SMILES string of the molecule is CCC(C)n1nc(-c2cnc(N)c(C(F)(F)F)c2)cc1C1C2CC(N3CCN(C)C4(COC4)C3)CC21. The van der Waals surface area contributed by atoms with Crippen molar-refractivity contribution in [2.75, 3.05) is 45.6 Å². The van der Waals surface area contributed by atoms with Gasteiger partial charge in [0.05, 0.1) is 30.0 Å². The number of rotatable bonds is 5. The van der Waals surface area contributed by atoms with Gasteiger partial charge in [-0.3, -0.25) is 14.5 Å². The van der Waals surface area contributed by atoms with Crippen molar-refractivity contribution in [3.63, 3.8) is 0 Å². The van der Waals surface area contributed by atoms with Gasteiger partial charge in [0.15, 0.2) is 0 Å². The third-order valence-corrected chi connectivity index (χ3v) is 9.34. The second kappa shape index (κ2) is 8.43. The molecule has 3 unspecified atom stereocenters. The quantitative estimate of drug-likeness (QED) is 0.663. The van der Waals surface area contributed by atoms with Crippen molar-refractivity contribution in [1.29, 1.82) is 0 Å². The third kappa shape index (κ3) is 3.83. The summed E-state index contributed by atoms with van der Waals surface area (Å²) in [6.07, 6.45) is 0.106. The molecule has 3 atom stereocenters. The summed E-state index contributed by atoms with van der Waals surface area (Å²) < 4.78 is 47.9. The van der Waals surface area contributed by atoms with Crippen LogP contribution >= 0.6 is 0 Å². The molecule has 0 bridgehead atoms. The van der Waals surface area contributed by atoms with Gasteiger partial charge in [0.2, 0.25) is 0 Å². The highest BCUT2D eigenvalue weighted by Crippen LogP contribution is 2.64. The molecule has 2 aliphatic heterocycles. The number of nitrogens with two attached hydrogens (primary N) is 1. The first kappa shape index (κ1) is 24.2. The Morgan fingerprint density at radius 3 is 2.53 bits per heavy atom. The van der Waals surface area contributed by atoms with Crippen molar-refractivity contribution >= 4 is 5.82 Å². The molecule has 0 radical (unpaired) electrons. The monoisotopic (exact) mass is 504 g/mol. The smallest absolute Gasteiger partial charge is 0.383 e. The number of hydrogen-bond acceptors (Lipinski definition) is 6. The van der Waals surface area contributed by atoms with Crippen molar-refractivity contribution in [2.24, 2.45) is 11.8 Å². The molecule has 10 heteroatoms. The van der Waals surface area contributed by atoms with E-state index in [0.29, 0.717) is 35.1 Å². The summed E-state index contributed by atoms with van der Waals surface area (Å²) in [5.74, 6) is 1.15. The number of anilines is 1. The van der Waals surface area contributed by atoms with Crippen LogP contribution in [0.5, 0.6) is 0 Å². The number of hydrogen-bond donors (Lipinski definition) is 1. The number of pyridine rings is 1. The van der Waals surface area contributed by atoms with E-state index in [1.54, 1.807) is 0 Å². The molecule has 36 heavy (non-hydrogen) atoms. The van der Waals surface area contributed by atoms with Crippen LogP contribution in [0.3, 0.4) is 0 Å². The number of nitrogens with zero attached hydrogens (tertiary/aromatic N) is 5. The second-order valence-corrected chi connectivity index (χ2v) is 11.4. The van der Waals surface area contributed by atoms with Crippen LogP contribution in [0.2, 0.25) is 0 Å². The van der Waals surface area contributed by atoms with Crippen molar-refractivity contribution < 1.29 is 17.9 Å². The normalized spacial score (nSPS) is 30.8. The Morgan fingerprint density at radius 1 is 1.19 bits per heavy atom. The number of aromatic nitrogens is 3. The van der Waals surface area contributed by atoms with E-state index in [2.05, 4.69) is 35.7 Å². The summed E-state index contributed by atoms with van der Waals surface area (Å²) in [4.78, 5) is 8.97. The molecule has 4 fully saturated rings. The number of likely N-dealkylation sites (N-methyl/N-ethyl adjacent to an activating group) is 1. The van der Waals surface area contributed by atoms with Crippen LogP contribution in [0.15, 0.2) is 18.3 Å². The molecule has 6 rings (SSSR count). The van der Waals surface area contributed by atoms with E-state index in [-0.39, 0.29) is 11.6 Å². The number of nitrogen functional groups attached to an aromatic ring is 1. The fourth-order valence-corrected chi connectivity index (χ4v) is 6.77. The van der Waals surface area contributed by atoms with E-state index in [0.717, 1.165) is 51.0 Å². The Labute approximate surface area is 209 Å². The molecule has 196 valence electrons. The Hall–Kier alpha value is -2.17. The summed E-state index contributed by atoms with van der Waals surface area (Å²) in [7, 11) is 2.21. The van der Waals surface area contributed by atoms with Gasteiger partial charge in [-0.1, -0.05) is 6.92 Å². The van der Waals surface area contributed by atoms with Gasteiger partial charge in [0, 0.05) is 55.1 Å². The van der Waals surface area contributed by atoms with Crippen molar-refractivity contribution in [3.05, 3.63) is 29.6 Å². The summed E-state index contributed by atoms with van der Waals surface area (Å²) >= 11 is 0. The van der Waals surface area contributed by atoms with Gasteiger partial charge in [0.25, 0.3) is 0 Å². The van der Waals surface area contributed by atoms with Crippen LogP contribution in [0.25, 0.3) is 11.3 Å². The van der Waals surface area contributed by atoms with E-state index >= 15 is 0 Å². The van der Waals surface area contributed by atoms with Crippen LogP contribution in [-0.2, 0) is 10.9 Å². The maximum Gasteiger partial charge on any atom is 0.419 e. The highest BCUT2D eigenvalue weighted by Gasteiger charge is 2.60. The highest BCUT2D eigenvalue weighted by molar-refractivity contribution is 5.63. The van der Waals surface area contributed by atoms with Crippen molar-refractivity contribution in [2.45, 2.75) is 62.8 Å². The predicted molar refractivity (Wildman–Crippen MR) is 130 cm³/mol. The Kier molecular flexibility index (Phi) is 5.66. The zero-order valence-electron chi connectivity index (χ0n) is 21.1. The minimum Gasteiger partial charge on any atom is -0.383 e. The standard InChI is InChI=1S/C26H35F3N6O/c1-4-15(2)35-22(10-21(32-35)16-7-20(26(27,28)29)24(30)31-11-16)23-18-8-17(9-19(18)23)34-6-5-33(3)25(12-34)13-36-14-25/h7,10-11,15,17-19,23H,4-6,8-9,12-14H2,1-3H3,(H2,30,31). The molecule has 7 nitrogen and oxygen atoms in total. The van der Waals surface area contributed by atoms with Gasteiger partial charge in [-0.2, -0.15) is 18.3 Å². The molecule has 1 spiro atoms. The van der Waals surface area contributed by atoms with Gasteiger partial charge in [-0.25, -0.2) is 4.98 Å². The molecule has 0 aromatic carbocycles. The van der Waals surface area contributed by atoms with Crippen LogP contribution in [0.1, 0.15) is 56.3 Å². The largest absolute Gasteiger partial charge is 0.419 e. The zero-order valence-corrected chi connectivity index (χ0v) is 21.1. The zero-order chi connectivity index (χ0) is 25.4. The second-order valence-electron chi connectivity index (χ2n) is 11.4. The Balaban J connectivity index is 1.22. The van der Waals surface area contributed by atoms with Crippen molar-refractivity contribution in [3.8, 4) is 11.3 Å². The summed E-state index contributed by atoms with van der Waals surface area (Å²) in [5, 5.41) is 4.79. The topological polar surface area (TPSA) is 72.4 Å². The third-order valence-electron chi connectivity index (χ3n) is 9.34. The number of halogens is 3. The minimum atomic E-state index is -4.55. The van der Waals surface area contributed by atoms with E-state index < -0.39 is 17.6 Å². The Bertz CT molecular complexity index is 1130. The molecule has 2 aliphatic carbocycles. The van der Waals surface area contributed by atoms with Crippen molar-refractivity contribution in [1.82, 2.24) is 24.6 Å². The van der Waals surface area contributed by atoms with Gasteiger partial charge >= 0.3 is 6.18 Å². The van der Waals surface area contributed by atoms with Gasteiger partial charge in [-0.15, -0.1) is 0 Å². The number of piperazine rings is 1. The Morgan fingerprint density at radius 2 is 1.92 bits per heavy atom. The summed E-state index contributed by atoms with van der Waals surface area (Å²) in [6, 6.07) is 3.85. The highest BCUT2D eigenvalue weighted by atomic mass is 19.4. The molecule has 4 aliphatic rings. The lowest BCUT2D eigenvalue weighted by atomic mass is 9.90. The van der Waals surface area contributed by atoms with E-state index in [1.165, 1.54) is 19.0 Å². The summed E-state index contributed by atoms with van der Waals surface area (Å²) in [6.45, 7) is 9.16. The van der Waals surface area contributed by atoms with Gasteiger partial charge < -0.3 is 10.5 Å². The molecule has 4 heterocycles. The molecule has 0 amide bonds. The number of fused-ring (bicyclic) bond motifs is 1. The molecule has 2 saturated carbocycles. The average Bonchev–Trinajstić information content (AvgIpc) is 3.14. The van der Waals surface area contributed by atoms with E-state index in [1.807, 2.05) is 10.7 Å². The van der Waals surface area contributed by atoms with Crippen LogP contribution in [0, 0.1) is 11.8 Å². The minimum absolute atomic E-state index is 0.172. The van der Waals surface area contributed by atoms with E-state index in [4.69, 9.17) is 15.6 Å². The molecule has 2 N–H and O–H groups in total. The molecule has 2 saturated heterocycles. The average molecular weight is 505 g/mol. The lowest BCUT2D eigenvalue weighted by Crippen LogP contribution is -2.71. The van der Waals surface area contributed by atoms with E-state index in [9.17, 15) is 13.2 Å². The summed E-state index contributed by atoms with van der Waals surface area (Å²) in [5.41, 5.74) is 6.85. The number of ether oxygens (including phenoxy) is 1. The molecular weight excluding hydrogens is 469 g/mol. The van der Waals surface area contributed by atoms with Gasteiger partial charge in [0.1, 0.15) is 5.82 Å². The molecule has 2 aromatic rings. The number of alkyl halides is 3. The fourth-order valence-electron chi connectivity index (χ4n) is 6.77. The maximum absolute atomic E-state index is 13.4. The van der Waals surface area contributed by atoms with Crippen LogP contribution < -0.4 is 5.73 Å². The van der Waals surface area contributed by atoms with Crippen LogP contribution in [0.4, 0.5) is 19.0 Å². The maximum atomic E-state index is 13.4. The fraction of sp³-hybridized carbons (Fsp3) is 0.692. The predicted octanol–water partition coefficient (Wildman–Crippen LogP) is 4.03. The van der Waals surface area contributed by atoms with Crippen LogP contribution in [-0.4, -0.2) is 76.0 Å². The first-order chi connectivity index (χ1) is 17.1. The lowest BCUT2D eigenvalue weighted by molar-refractivity contribution is -0.166.